The molecule has 1 aromatic heterocycles. The Kier molecular flexibility index (Phi) is 9.29. The van der Waals surface area contributed by atoms with Crippen molar-refractivity contribution in [3.63, 3.8) is 0 Å². The number of guanidine groups is 1. The zero-order valence-electron chi connectivity index (χ0n) is 18.0. The van der Waals surface area contributed by atoms with Crippen LogP contribution in [0.2, 0.25) is 0 Å². The van der Waals surface area contributed by atoms with Crippen molar-refractivity contribution in [1.82, 2.24) is 19.7 Å². The summed E-state index contributed by atoms with van der Waals surface area (Å²) >= 11 is 0. The largest absolute Gasteiger partial charge is 0.497 e. The van der Waals surface area contributed by atoms with Gasteiger partial charge in [-0.2, -0.15) is 0 Å². The van der Waals surface area contributed by atoms with E-state index < -0.39 is 0 Å². The summed E-state index contributed by atoms with van der Waals surface area (Å²) in [6, 6.07) is 13.0. The van der Waals surface area contributed by atoms with Crippen LogP contribution in [0.25, 0.3) is 0 Å². The molecule has 0 radical (unpaired) electrons. The number of rotatable bonds is 7. The molecule has 160 valence electrons. The van der Waals surface area contributed by atoms with Gasteiger partial charge in [0.15, 0.2) is 5.96 Å². The SMILES string of the molecule is CN=C(NCC(c1cccc(OC)c1)N1CCCC1)N(C)Cc1cccn1C.I. The van der Waals surface area contributed by atoms with Crippen LogP contribution in [0.3, 0.4) is 0 Å². The molecule has 2 heterocycles. The van der Waals surface area contributed by atoms with Crippen LogP contribution < -0.4 is 10.1 Å². The van der Waals surface area contributed by atoms with Crippen molar-refractivity contribution in [1.29, 1.82) is 0 Å². The van der Waals surface area contributed by atoms with Crippen molar-refractivity contribution < 1.29 is 4.74 Å². The Morgan fingerprint density at radius 1 is 1.24 bits per heavy atom. The van der Waals surface area contributed by atoms with Crippen molar-refractivity contribution >= 4 is 29.9 Å². The minimum Gasteiger partial charge on any atom is -0.497 e. The number of benzene rings is 1. The first-order chi connectivity index (χ1) is 13.6. The van der Waals surface area contributed by atoms with Gasteiger partial charge >= 0.3 is 0 Å². The van der Waals surface area contributed by atoms with Gasteiger partial charge in [0, 0.05) is 39.6 Å². The fraction of sp³-hybridized carbons (Fsp3) is 0.500. The van der Waals surface area contributed by atoms with Crippen molar-refractivity contribution in [2.45, 2.75) is 25.4 Å². The van der Waals surface area contributed by atoms with Gasteiger partial charge < -0.3 is 19.5 Å². The van der Waals surface area contributed by atoms with Gasteiger partial charge in [-0.25, -0.2) is 0 Å². The summed E-state index contributed by atoms with van der Waals surface area (Å²) in [7, 11) is 7.73. The lowest BCUT2D eigenvalue weighted by Crippen LogP contribution is -2.43. The van der Waals surface area contributed by atoms with Gasteiger partial charge in [-0.05, 0) is 55.8 Å². The van der Waals surface area contributed by atoms with Gasteiger partial charge in [-0.1, -0.05) is 12.1 Å². The first kappa shape index (κ1) is 23.5. The number of nitrogens with zero attached hydrogens (tertiary/aromatic N) is 4. The second-order valence-electron chi connectivity index (χ2n) is 7.43. The Labute approximate surface area is 192 Å². The fourth-order valence-electron chi connectivity index (χ4n) is 3.91. The Morgan fingerprint density at radius 3 is 2.62 bits per heavy atom. The highest BCUT2D eigenvalue weighted by Gasteiger charge is 2.24. The number of halogens is 1. The molecule has 1 saturated heterocycles. The molecule has 1 aliphatic heterocycles. The second kappa shape index (κ2) is 11.4. The fourth-order valence-corrected chi connectivity index (χ4v) is 3.91. The van der Waals surface area contributed by atoms with Gasteiger partial charge in [0.05, 0.1) is 19.7 Å². The zero-order valence-corrected chi connectivity index (χ0v) is 20.3. The quantitative estimate of drug-likeness (QED) is 0.351. The standard InChI is InChI=1S/C22H33N5O.HI/c1-23-22(26(3)17-19-10-8-12-25(19)2)24-16-21(27-13-5-6-14-27)18-9-7-11-20(15-18)28-4;/h7-12,15,21H,5-6,13-14,16-17H2,1-4H3,(H,23,24);1H. The minimum atomic E-state index is 0. The van der Waals surface area contributed by atoms with Crippen LogP contribution in [-0.2, 0) is 13.6 Å². The third-order valence-electron chi connectivity index (χ3n) is 5.54. The van der Waals surface area contributed by atoms with E-state index in [0.717, 1.165) is 37.9 Å². The van der Waals surface area contributed by atoms with Gasteiger partial charge in [0.2, 0.25) is 0 Å². The lowest BCUT2D eigenvalue weighted by atomic mass is 10.1. The topological polar surface area (TPSA) is 45.0 Å². The Hall–Kier alpha value is -1.74. The van der Waals surface area contributed by atoms with Crippen LogP contribution in [0.15, 0.2) is 47.6 Å². The smallest absolute Gasteiger partial charge is 0.193 e. The molecule has 0 aliphatic carbocycles. The number of likely N-dealkylation sites (tertiary alicyclic amines) is 1. The maximum atomic E-state index is 5.45. The second-order valence-corrected chi connectivity index (χ2v) is 7.43. The van der Waals surface area contributed by atoms with Crippen LogP contribution in [0, 0.1) is 0 Å². The van der Waals surface area contributed by atoms with E-state index >= 15 is 0 Å². The van der Waals surface area contributed by atoms with Gasteiger partial charge in [-0.3, -0.25) is 9.89 Å². The maximum Gasteiger partial charge on any atom is 0.193 e. The first-order valence-electron chi connectivity index (χ1n) is 10.0. The molecule has 0 spiro atoms. The molecule has 1 aliphatic rings. The summed E-state index contributed by atoms with van der Waals surface area (Å²) in [6.07, 6.45) is 4.61. The number of aromatic nitrogens is 1. The van der Waals surface area contributed by atoms with Crippen molar-refractivity contribution in [3.8, 4) is 5.75 Å². The molecular weight excluding hydrogens is 477 g/mol. The molecule has 0 saturated carbocycles. The molecule has 1 atom stereocenters. The van der Waals surface area contributed by atoms with E-state index in [1.807, 2.05) is 13.1 Å². The van der Waals surface area contributed by atoms with Crippen LogP contribution in [0.5, 0.6) is 5.75 Å². The van der Waals surface area contributed by atoms with Crippen molar-refractivity contribution in [2.24, 2.45) is 12.0 Å². The Bertz CT molecular complexity index is 785. The molecule has 0 bridgehead atoms. The summed E-state index contributed by atoms with van der Waals surface area (Å²) in [5, 5.41) is 3.60. The van der Waals surface area contributed by atoms with E-state index in [1.54, 1.807) is 7.11 Å². The molecule has 3 rings (SSSR count). The lowest BCUT2D eigenvalue weighted by molar-refractivity contribution is 0.243. The normalized spacial score (nSPS) is 15.7. The number of nitrogens with one attached hydrogen (secondary N) is 1. The molecule has 7 heteroatoms. The molecule has 1 unspecified atom stereocenters. The summed E-state index contributed by atoms with van der Waals surface area (Å²) in [5.41, 5.74) is 2.55. The number of hydrogen-bond acceptors (Lipinski definition) is 3. The zero-order chi connectivity index (χ0) is 19.9. The molecular formula is C22H34IN5O. The number of methoxy groups -OCH3 is 1. The first-order valence-corrected chi connectivity index (χ1v) is 10.0. The predicted molar refractivity (Wildman–Crippen MR) is 130 cm³/mol. The molecule has 6 nitrogen and oxygen atoms in total. The summed E-state index contributed by atoms with van der Waals surface area (Å²) in [5.74, 6) is 1.82. The van der Waals surface area contributed by atoms with Crippen LogP contribution in [0.4, 0.5) is 0 Å². The summed E-state index contributed by atoms with van der Waals surface area (Å²) in [4.78, 5) is 9.23. The summed E-state index contributed by atoms with van der Waals surface area (Å²) < 4.78 is 7.60. The van der Waals surface area contributed by atoms with Gasteiger partial charge in [-0.15, -0.1) is 24.0 Å². The number of aryl methyl sites for hydroxylation is 1. The van der Waals surface area contributed by atoms with Gasteiger partial charge in [0.25, 0.3) is 0 Å². The molecule has 2 aromatic rings. The molecule has 1 fully saturated rings. The number of hydrogen-bond donors (Lipinski definition) is 1. The monoisotopic (exact) mass is 511 g/mol. The van der Waals surface area contributed by atoms with Crippen molar-refractivity contribution in [2.75, 3.05) is 40.8 Å². The molecule has 0 amide bonds. The van der Waals surface area contributed by atoms with E-state index in [-0.39, 0.29) is 24.0 Å². The number of aliphatic imine (C=N–C) groups is 1. The summed E-state index contributed by atoms with van der Waals surface area (Å²) in [6.45, 7) is 3.91. The van der Waals surface area contributed by atoms with E-state index in [4.69, 9.17) is 4.74 Å². The highest BCUT2D eigenvalue weighted by molar-refractivity contribution is 14.0. The van der Waals surface area contributed by atoms with Crippen LogP contribution in [0.1, 0.15) is 30.1 Å². The van der Waals surface area contributed by atoms with E-state index in [2.05, 4.69) is 75.3 Å². The van der Waals surface area contributed by atoms with Crippen LogP contribution in [-0.4, -0.2) is 61.2 Å². The third-order valence-corrected chi connectivity index (χ3v) is 5.54. The number of ether oxygens (including phenoxy) is 1. The Morgan fingerprint density at radius 2 is 2.00 bits per heavy atom. The van der Waals surface area contributed by atoms with E-state index in [1.165, 1.54) is 24.1 Å². The molecule has 1 N–H and O–H groups in total. The lowest BCUT2D eigenvalue weighted by Gasteiger charge is -2.30. The highest BCUT2D eigenvalue weighted by Crippen LogP contribution is 2.27. The molecule has 1 aromatic carbocycles. The van der Waals surface area contributed by atoms with E-state index in [9.17, 15) is 0 Å². The van der Waals surface area contributed by atoms with E-state index in [0.29, 0.717) is 6.04 Å². The average molecular weight is 511 g/mol. The third kappa shape index (κ3) is 6.12. The molecule has 29 heavy (non-hydrogen) atoms. The van der Waals surface area contributed by atoms with Crippen molar-refractivity contribution in [3.05, 3.63) is 53.9 Å². The predicted octanol–water partition coefficient (Wildman–Crippen LogP) is 3.50. The van der Waals surface area contributed by atoms with Gasteiger partial charge in [0.1, 0.15) is 5.75 Å². The highest BCUT2D eigenvalue weighted by atomic mass is 127. The maximum absolute atomic E-state index is 5.45. The van der Waals surface area contributed by atoms with Crippen LogP contribution >= 0.6 is 24.0 Å². The minimum absolute atomic E-state index is 0. The average Bonchev–Trinajstić information content (AvgIpc) is 3.38. The Balaban J connectivity index is 0.00000300.